The monoisotopic (exact) mass is 334 g/mol. The maximum atomic E-state index is 12.5. The SMILES string of the molecule is CCOP(=O)(Cc1ccc(-c2ccc(C=O)cn2)nc1)OCC. The summed E-state index contributed by atoms with van der Waals surface area (Å²) < 4.78 is 23.0. The van der Waals surface area contributed by atoms with Crippen LogP contribution in [0.25, 0.3) is 11.4 Å². The predicted octanol–water partition coefficient (Wildman–Crippen LogP) is 3.72. The second-order valence-corrected chi connectivity index (χ2v) is 6.81. The molecule has 0 aliphatic carbocycles. The van der Waals surface area contributed by atoms with Gasteiger partial charge in [-0.2, -0.15) is 0 Å². The van der Waals surface area contributed by atoms with E-state index < -0.39 is 7.60 Å². The van der Waals surface area contributed by atoms with Gasteiger partial charge in [-0.15, -0.1) is 0 Å². The van der Waals surface area contributed by atoms with E-state index in [-0.39, 0.29) is 6.16 Å². The molecule has 0 aromatic carbocycles. The van der Waals surface area contributed by atoms with Crippen molar-refractivity contribution in [3.63, 3.8) is 0 Å². The third-order valence-electron chi connectivity index (χ3n) is 3.04. The molecule has 0 N–H and O–H groups in total. The summed E-state index contributed by atoms with van der Waals surface area (Å²) in [6, 6.07) is 7.03. The second kappa shape index (κ2) is 8.11. The van der Waals surface area contributed by atoms with Crippen LogP contribution in [0.2, 0.25) is 0 Å². The topological polar surface area (TPSA) is 78.4 Å². The molecule has 7 heteroatoms. The van der Waals surface area contributed by atoms with E-state index in [1.165, 1.54) is 6.20 Å². The normalized spacial score (nSPS) is 11.4. The Morgan fingerprint density at radius 3 is 2.04 bits per heavy atom. The molecule has 122 valence electrons. The Morgan fingerprint density at radius 2 is 1.61 bits per heavy atom. The predicted molar refractivity (Wildman–Crippen MR) is 87.4 cm³/mol. The molecule has 0 fully saturated rings. The lowest BCUT2D eigenvalue weighted by Crippen LogP contribution is -1.99. The zero-order chi connectivity index (χ0) is 16.7. The molecule has 0 saturated heterocycles. The lowest BCUT2D eigenvalue weighted by molar-refractivity contribution is 0.112. The molecule has 0 amide bonds. The van der Waals surface area contributed by atoms with Crippen molar-refractivity contribution in [3.05, 3.63) is 47.8 Å². The zero-order valence-electron chi connectivity index (χ0n) is 13.1. The Hall–Kier alpha value is -1.88. The van der Waals surface area contributed by atoms with Crippen molar-refractivity contribution < 1.29 is 18.4 Å². The number of hydrogen-bond acceptors (Lipinski definition) is 6. The Labute approximate surface area is 135 Å². The first-order chi connectivity index (χ1) is 11.1. The van der Waals surface area contributed by atoms with E-state index in [1.807, 2.05) is 6.07 Å². The van der Waals surface area contributed by atoms with Gasteiger partial charge in [0.05, 0.1) is 30.8 Å². The van der Waals surface area contributed by atoms with Gasteiger partial charge < -0.3 is 9.05 Å². The molecule has 0 radical (unpaired) electrons. The molecule has 0 spiro atoms. The van der Waals surface area contributed by atoms with E-state index >= 15 is 0 Å². The van der Waals surface area contributed by atoms with Crippen LogP contribution in [0.15, 0.2) is 36.7 Å². The summed E-state index contributed by atoms with van der Waals surface area (Å²) in [4.78, 5) is 19.1. The molecule has 2 aromatic rings. The van der Waals surface area contributed by atoms with Crippen molar-refractivity contribution in [2.24, 2.45) is 0 Å². The number of nitrogens with zero attached hydrogens (tertiary/aromatic N) is 2. The van der Waals surface area contributed by atoms with Gasteiger partial charge in [0.2, 0.25) is 0 Å². The third-order valence-corrected chi connectivity index (χ3v) is 5.09. The van der Waals surface area contributed by atoms with Gasteiger partial charge >= 0.3 is 7.60 Å². The van der Waals surface area contributed by atoms with E-state index in [4.69, 9.17) is 9.05 Å². The van der Waals surface area contributed by atoms with Crippen LogP contribution in [-0.4, -0.2) is 29.5 Å². The fourth-order valence-corrected chi connectivity index (χ4v) is 3.72. The summed E-state index contributed by atoms with van der Waals surface area (Å²) in [6.07, 6.45) is 4.05. The minimum Gasteiger partial charge on any atom is -0.309 e. The average Bonchev–Trinajstić information content (AvgIpc) is 2.56. The second-order valence-electron chi connectivity index (χ2n) is 4.75. The largest absolute Gasteiger partial charge is 0.335 e. The molecule has 6 nitrogen and oxygen atoms in total. The number of aromatic nitrogens is 2. The van der Waals surface area contributed by atoms with Crippen molar-refractivity contribution in [1.82, 2.24) is 9.97 Å². The Morgan fingerprint density at radius 1 is 1.00 bits per heavy atom. The highest BCUT2D eigenvalue weighted by atomic mass is 31.2. The molecule has 2 aromatic heterocycles. The van der Waals surface area contributed by atoms with Crippen molar-refractivity contribution in [2.45, 2.75) is 20.0 Å². The van der Waals surface area contributed by atoms with E-state index in [2.05, 4.69) is 9.97 Å². The summed E-state index contributed by atoms with van der Waals surface area (Å²) in [5.41, 5.74) is 2.62. The average molecular weight is 334 g/mol. The highest BCUT2D eigenvalue weighted by Crippen LogP contribution is 2.51. The molecular formula is C16H19N2O4P. The Bertz CT molecular complexity index is 676. The molecule has 0 aliphatic heterocycles. The zero-order valence-corrected chi connectivity index (χ0v) is 14.0. The van der Waals surface area contributed by atoms with Crippen molar-refractivity contribution in [3.8, 4) is 11.4 Å². The Balaban J connectivity index is 2.14. The number of carbonyl (C=O) groups excluding carboxylic acids is 1. The summed E-state index contributed by atoms with van der Waals surface area (Å²) >= 11 is 0. The van der Waals surface area contributed by atoms with Crippen molar-refractivity contribution in [1.29, 1.82) is 0 Å². The molecule has 2 heterocycles. The maximum absolute atomic E-state index is 12.5. The van der Waals surface area contributed by atoms with Gasteiger partial charge in [0.25, 0.3) is 0 Å². The number of aldehydes is 1. The van der Waals surface area contributed by atoms with Gasteiger partial charge in [-0.05, 0) is 37.6 Å². The van der Waals surface area contributed by atoms with Gasteiger partial charge in [0.1, 0.15) is 0 Å². The van der Waals surface area contributed by atoms with E-state index in [9.17, 15) is 9.36 Å². The first-order valence-electron chi connectivity index (χ1n) is 7.35. The van der Waals surface area contributed by atoms with Gasteiger partial charge in [0, 0.05) is 18.0 Å². The minimum absolute atomic E-state index is 0.180. The fourth-order valence-electron chi connectivity index (χ4n) is 2.04. The summed E-state index contributed by atoms with van der Waals surface area (Å²) in [7, 11) is -3.13. The molecule has 0 saturated carbocycles. The first kappa shape index (κ1) is 17.5. The van der Waals surface area contributed by atoms with Gasteiger partial charge in [-0.3, -0.25) is 19.3 Å². The number of hydrogen-bond donors (Lipinski definition) is 0. The number of pyridine rings is 2. The van der Waals surface area contributed by atoms with Crippen LogP contribution < -0.4 is 0 Å². The van der Waals surface area contributed by atoms with E-state index in [0.717, 1.165) is 11.8 Å². The van der Waals surface area contributed by atoms with Crippen LogP contribution in [0.4, 0.5) is 0 Å². The quantitative estimate of drug-likeness (QED) is 0.541. The molecule has 2 rings (SSSR count). The summed E-state index contributed by atoms with van der Waals surface area (Å²) in [5.74, 6) is 0. The molecule has 23 heavy (non-hydrogen) atoms. The Kier molecular flexibility index (Phi) is 6.16. The van der Waals surface area contributed by atoms with Crippen molar-refractivity contribution >= 4 is 13.9 Å². The molecular weight excluding hydrogens is 315 g/mol. The smallest absolute Gasteiger partial charge is 0.309 e. The molecule has 0 aliphatic rings. The number of carbonyl (C=O) groups is 1. The highest BCUT2D eigenvalue weighted by Gasteiger charge is 2.24. The van der Waals surface area contributed by atoms with E-state index in [1.54, 1.807) is 38.2 Å². The van der Waals surface area contributed by atoms with Crippen LogP contribution in [-0.2, 0) is 19.8 Å². The molecule has 0 atom stereocenters. The van der Waals surface area contributed by atoms with Gasteiger partial charge in [-0.1, -0.05) is 6.07 Å². The van der Waals surface area contributed by atoms with Crippen LogP contribution in [0.3, 0.4) is 0 Å². The van der Waals surface area contributed by atoms with Crippen LogP contribution >= 0.6 is 7.60 Å². The van der Waals surface area contributed by atoms with Crippen LogP contribution in [0, 0.1) is 0 Å². The summed E-state index contributed by atoms with van der Waals surface area (Å²) in [5, 5.41) is 0. The minimum atomic E-state index is -3.13. The van der Waals surface area contributed by atoms with Crippen LogP contribution in [0.5, 0.6) is 0 Å². The number of rotatable bonds is 8. The van der Waals surface area contributed by atoms with Gasteiger partial charge in [0.15, 0.2) is 6.29 Å². The van der Waals surface area contributed by atoms with Crippen LogP contribution in [0.1, 0.15) is 29.8 Å². The molecule has 0 bridgehead atoms. The van der Waals surface area contributed by atoms with E-state index in [0.29, 0.717) is 30.2 Å². The molecule has 0 unspecified atom stereocenters. The lowest BCUT2D eigenvalue weighted by Gasteiger charge is -2.16. The first-order valence-corrected chi connectivity index (χ1v) is 9.07. The third kappa shape index (κ3) is 4.79. The highest BCUT2D eigenvalue weighted by molar-refractivity contribution is 7.53. The maximum Gasteiger partial charge on any atom is 0.335 e. The van der Waals surface area contributed by atoms with Crippen molar-refractivity contribution in [2.75, 3.05) is 13.2 Å². The summed E-state index contributed by atoms with van der Waals surface area (Å²) in [6.45, 7) is 4.22. The van der Waals surface area contributed by atoms with Gasteiger partial charge in [-0.25, -0.2) is 0 Å². The standard InChI is InChI=1S/C16H19N2O4P/c1-3-21-23(20,22-4-2)12-14-6-8-16(18-10-14)15-7-5-13(11-19)9-17-15/h5-11H,3-4,12H2,1-2H3. The lowest BCUT2D eigenvalue weighted by atomic mass is 10.2. The fraction of sp³-hybridized carbons (Fsp3) is 0.312.